The maximum Gasteiger partial charge on any atom is 0.318 e. The zero-order valence-electron chi connectivity index (χ0n) is 16.4. The fourth-order valence-corrected chi connectivity index (χ4v) is 4.19. The Labute approximate surface area is 173 Å². The summed E-state index contributed by atoms with van der Waals surface area (Å²) in [6.07, 6.45) is 1.66. The number of aromatic nitrogens is 4. The number of piperazine rings is 1. The van der Waals surface area contributed by atoms with Crippen molar-refractivity contribution in [2.75, 3.05) is 31.1 Å². The molecule has 0 saturated carbocycles. The maximum atomic E-state index is 13.6. The smallest absolute Gasteiger partial charge is 0.318 e. The summed E-state index contributed by atoms with van der Waals surface area (Å²) in [5, 5.41) is 15.2. The van der Waals surface area contributed by atoms with Gasteiger partial charge in [0.15, 0.2) is 0 Å². The van der Waals surface area contributed by atoms with E-state index < -0.39 is 0 Å². The molecule has 2 aliphatic rings. The summed E-state index contributed by atoms with van der Waals surface area (Å²) in [6.45, 7) is 2.40. The maximum absolute atomic E-state index is 13.6. The van der Waals surface area contributed by atoms with Crippen molar-refractivity contribution in [1.82, 2.24) is 30.4 Å². The highest BCUT2D eigenvalue weighted by atomic mass is 19.1. The van der Waals surface area contributed by atoms with E-state index in [-0.39, 0.29) is 17.9 Å². The van der Waals surface area contributed by atoms with Crippen LogP contribution in [0.5, 0.6) is 0 Å². The molecule has 1 aromatic heterocycles. The van der Waals surface area contributed by atoms with Crippen molar-refractivity contribution in [3.05, 3.63) is 65.5 Å². The van der Waals surface area contributed by atoms with E-state index in [1.165, 1.54) is 12.1 Å². The van der Waals surface area contributed by atoms with Crippen LogP contribution in [-0.2, 0) is 6.42 Å². The number of amides is 2. The predicted molar refractivity (Wildman–Crippen MR) is 109 cm³/mol. The molecule has 5 rings (SSSR count). The summed E-state index contributed by atoms with van der Waals surface area (Å²) in [7, 11) is 0. The van der Waals surface area contributed by atoms with Gasteiger partial charge in [-0.05, 0) is 58.7 Å². The number of nitrogens with zero attached hydrogens (tertiary/aromatic N) is 6. The minimum absolute atomic E-state index is 0.112. The summed E-state index contributed by atoms with van der Waals surface area (Å²) < 4.78 is 15.3. The molecule has 0 radical (unpaired) electrons. The van der Waals surface area contributed by atoms with Crippen LogP contribution in [0.25, 0.3) is 5.69 Å². The molecular weight excluding hydrogens is 385 g/mol. The van der Waals surface area contributed by atoms with Crippen LogP contribution in [0.2, 0.25) is 0 Å². The second-order valence-corrected chi connectivity index (χ2v) is 7.58. The highest BCUT2D eigenvalue weighted by Crippen LogP contribution is 2.31. The van der Waals surface area contributed by atoms with Gasteiger partial charge in [0, 0.05) is 26.2 Å². The molecule has 154 valence electrons. The largest absolute Gasteiger partial charge is 0.336 e. The predicted octanol–water partition coefficient (Wildman–Crippen LogP) is 2.32. The first-order valence-electron chi connectivity index (χ1n) is 10.1. The molecular formula is C21H22FN7O. The third-order valence-electron chi connectivity index (χ3n) is 5.79. The molecule has 8 nitrogen and oxygen atoms in total. The number of anilines is 1. The summed E-state index contributed by atoms with van der Waals surface area (Å²) in [5.74, 6) is 0.404. The third-order valence-corrected chi connectivity index (χ3v) is 5.79. The van der Waals surface area contributed by atoms with Gasteiger partial charge in [0.05, 0.1) is 11.7 Å². The molecule has 1 fully saturated rings. The molecule has 0 spiro atoms. The standard InChI is InChI=1S/C21H22FN7O/c22-16-8-6-15-7-9-19(18(15)14-16)23-21(30)28-12-10-27(11-13-28)20-24-25-26-29(20)17-4-2-1-3-5-17/h1-6,8,14,19H,7,9-13H2,(H,23,30). The number of fused-ring (bicyclic) bond motifs is 1. The first-order chi connectivity index (χ1) is 14.7. The zero-order valence-corrected chi connectivity index (χ0v) is 16.4. The molecule has 1 aliphatic heterocycles. The Bertz CT molecular complexity index is 1050. The van der Waals surface area contributed by atoms with Crippen LogP contribution in [0.3, 0.4) is 0 Å². The Morgan fingerprint density at radius 2 is 1.87 bits per heavy atom. The fraction of sp³-hybridized carbons (Fsp3) is 0.333. The van der Waals surface area contributed by atoms with Crippen LogP contribution < -0.4 is 10.2 Å². The number of hydrogen-bond donors (Lipinski definition) is 1. The van der Waals surface area contributed by atoms with Gasteiger partial charge < -0.3 is 15.1 Å². The van der Waals surface area contributed by atoms with E-state index >= 15 is 0 Å². The van der Waals surface area contributed by atoms with Crippen molar-refractivity contribution in [1.29, 1.82) is 0 Å². The van der Waals surface area contributed by atoms with E-state index in [0.717, 1.165) is 29.7 Å². The summed E-state index contributed by atoms with van der Waals surface area (Å²) >= 11 is 0. The Kier molecular flexibility index (Phi) is 4.78. The normalized spacial score (nSPS) is 18.4. The average Bonchev–Trinajstić information content (AvgIpc) is 3.42. The second-order valence-electron chi connectivity index (χ2n) is 7.58. The molecule has 1 atom stereocenters. The number of carbonyl (C=O) groups excluding carboxylic acids is 1. The molecule has 1 N–H and O–H groups in total. The number of nitrogens with one attached hydrogen (secondary N) is 1. The van der Waals surface area contributed by atoms with Crippen LogP contribution in [0, 0.1) is 5.82 Å². The van der Waals surface area contributed by atoms with Crippen molar-refractivity contribution in [2.24, 2.45) is 0 Å². The van der Waals surface area contributed by atoms with Gasteiger partial charge in [0.1, 0.15) is 5.82 Å². The third kappa shape index (κ3) is 3.47. The van der Waals surface area contributed by atoms with Crippen LogP contribution >= 0.6 is 0 Å². The number of hydrogen-bond acceptors (Lipinski definition) is 5. The Morgan fingerprint density at radius 1 is 1.07 bits per heavy atom. The van der Waals surface area contributed by atoms with Crippen molar-refractivity contribution >= 4 is 12.0 Å². The summed E-state index contributed by atoms with van der Waals surface area (Å²) in [5.41, 5.74) is 2.90. The number of aryl methyl sites for hydroxylation is 1. The molecule has 2 aromatic carbocycles. The quantitative estimate of drug-likeness (QED) is 0.721. The Hall–Kier alpha value is -3.49. The van der Waals surface area contributed by atoms with Gasteiger partial charge in [-0.3, -0.25) is 0 Å². The van der Waals surface area contributed by atoms with Crippen LogP contribution in [0.15, 0.2) is 48.5 Å². The first-order valence-corrected chi connectivity index (χ1v) is 10.1. The van der Waals surface area contributed by atoms with Gasteiger partial charge >= 0.3 is 6.03 Å². The monoisotopic (exact) mass is 407 g/mol. The SMILES string of the molecule is O=C(NC1CCc2ccc(F)cc21)N1CCN(c2nnnn2-c2ccccc2)CC1. The number of urea groups is 1. The molecule has 1 unspecified atom stereocenters. The Balaban J connectivity index is 1.22. The molecule has 2 heterocycles. The second kappa shape index (κ2) is 7.74. The highest BCUT2D eigenvalue weighted by molar-refractivity contribution is 5.75. The van der Waals surface area contributed by atoms with E-state index in [1.54, 1.807) is 9.58 Å². The fourth-order valence-electron chi connectivity index (χ4n) is 4.19. The highest BCUT2D eigenvalue weighted by Gasteiger charge is 2.29. The summed E-state index contributed by atoms with van der Waals surface area (Å²) in [4.78, 5) is 16.7. The van der Waals surface area contributed by atoms with Gasteiger partial charge in [0.25, 0.3) is 0 Å². The molecule has 1 aliphatic carbocycles. The van der Waals surface area contributed by atoms with E-state index in [9.17, 15) is 9.18 Å². The first kappa shape index (κ1) is 18.5. The van der Waals surface area contributed by atoms with Gasteiger partial charge in [-0.1, -0.05) is 29.4 Å². The van der Waals surface area contributed by atoms with Crippen LogP contribution in [-0.4, -0.2) is 57.3 Å². The average molecular weight is 407 g/mol. The minimum atomic E-state index is -0.264. The lowest BCUT2D eigenvalue weighted by Crippen LogP contribution is -2.52. The van der Waals surface area contributed by atoms with E-state index in [1.807, 2.05) is 36.4 Å². The van der Waals surface area contributed by atoms with Crippen molar-refractivity contribution < 1.29 is 9.18 Å². The molecule has 2 amide bonds. The molecule has 3 aromatic rings. The van der Waals surface area contributed by atoms with Crippen molar-refractivity contribution in [2.45, 2.75) is 18.9 Å². The molecule has 9 heteroatoms. The molecule has 0 bridgehead atoms. The van der Waals surface area contributed by atoms with Gasteiger partial charge in [-0.15, -0.1) is 0 Å². The van der Waals surface area contributed by atoms with E-state index in [2.05, 4.69) is 25.7 Å². The number of tetrazole rings is 1. The lowest BCUT2D eigenvalue weighted by atomic mass is 10.1. The number of carbonyl (C=O) groups is 1. The van der Waals surface area contributed by atoms with Crippen molar-refractivity contribution in [3.8, 4) is 5.69 Å². The van der Waals surface area contributed by atoms with Crippen molar-refractivity contribution in [3.63, 3.8) is 0 Å². The van der Waals surface area contributed by atoms with Gasteiger partial charge in [-0.25, -0.2) is 9.18 Å². The molecule has 30 heavy (non-hydrogen) atoms. The lowest BCUT2D eigenvalue weighted by molar-refractivity contribution is 0.190. The number of benzene rings is 2. The number of rotatable bonds is 3. The zero-order chi connectivity index (χ0) is 20.5. The molecule has 1 saturated heterocycles. The lowest BCUT2D eigenvalue weighted by Gasteiger charge is -2.35. The topological polar surface area (TPSA) is 79.2 Å². The van der Waals surface area contributed by atoms with E-state index in [4.69, 9.17) is 0 Å². The summed E-state index contributed by atoms with van der Waals surface area (Å²) in [6, 6.07) is 14.3. The van der Waals surface area contributed by atoms with Gasteiger partial charge in [0.2, 0.25) is 5.95 Å². The number of para-hydroxylation sites is 1. The Morgan fingerprint density at radius 3 is 2.67 bits per heavy atom. The van der Waals surface area contributed by atoms with Crippen LogP contribution in [0.1, 0.15) is 23.6 Å². The van der Waals surface area contributed by atoms with E-state index in [0.29, 0.717) is 32.1 Å². The van der Waals surface area contributed by atoms with Gasteiger partial charge in [-0.2, -0.15) is 4.68 Å². The minimum Gasteiger partial charge on any atom is -0.336 e. The van der Waals surface area contributed by atoms with Crippen LogP contribution in [0.4, 0.5) is 15.1 Å². The number of halogens is 1.